The van der Waals surface area contributed by atoms with E-state index in [-0.39, 0.29) is 18.0 Å². The van der Waals surface area contributed by atoms with E-state index in [0.717, 1.165) is 44.2 Å². The number of carbonyl (C=O) groups excluding carboxylic acids is 1. The summed E-state index contributed by atoms with van der Waals surface area (Å²) in [5, 5.41) is 1.23. The van der Waals surface area contributed by atoms with Crippen LogP contribution in [0.3, 0.4) is 0 Å². The first kappa shape index (κ1) is 14.8. The Kier molecular flexibility index (Phi) is 3.85. The molecule has 1 saturated heterocycles. The summed E-state index contributed by atoms with van der Waals surface area (Å²) in [6.07, 6.45) is 6.15. The summed E-state index contributed by atoms with van der Waals surface area (Å²) in [7, 11) is 0. The molecule has 2 heterocycles. The molecule has 1 saturated carbocycles. The molecule has 2 fully saturated rings. The van der Waals surface area contributed by atoms with Gasteiger partial charge in [-0.2, -0.15) is 0 Å². The maximum absolute atomic E-state index is 13.0. The van der Waals surface area contributed by atoms with Gasteiger partial charge in [0.15, 0.2) is 0 Å². The molecule has 3 atom stereocenters. The van der Waals surface area contributed by atoms with Crippen LogP contribution < -0.4 is 5.73 Å². The minimum Gasteiger partial charge on any atom is -0.357 e. The summed E-state index contributed by atoms with van der Waals surface area (Å²) in [6, 6.07) is 11.0. The molecule has 2 aromatic rings. The lowest BCUT2D eigenvalue weighted by Crippen LogP contribution is -2.41. The number of hydrogen-bond donors (Lipinski definition) is 2. The van der Waals surface area contributed by atoms with Crippen molar-refractivity contribution in [3.05, 3.63) is 36.0 Å². The molecule has 1 aliphatic heterocycles. The second kappa shape index (κ2) is 6.00. The predicted molar refractivity (Wildman–Crippen MR) is 91.9 cm³/mol. The number of benzene rings is 1. The molecule has 23 heavy (non-hydrogen) atoms. The van der Waals surface area contributed by atoms with Crippen molar-refractivity contribution in [2.45, 2.75) is 50.6 Å². The second-order valence-electron chi connectivity index (χ2n) is 7.13. The fourth-order valence-corrected chi connectivity index (χ4v) is 4.27. The molecule has 4 heteroatoms. The quantitative estimate of drug-likeness (QED) is 0.893. The zero-order chi connectivity index (χ0) is 15.8. The SMILES string of the molecule is NC1CCC(C(=O)N2CCCCC2c2cc3ccccc3[nH]2)C1. The van der Waals surface area contributed by atoms with Crippen LogP contribution in [0.4, 0.5) is 0 Å². The number of rotatable bonds is 2. The molecule has 1 amide bonds. The first-order valence-electron chi connectivity index (χ1n) is 8.86. The van der Waals surface area contributed by atoms with E-state index >= 15 is 0 Å². The number of fused-ring (bicyclic) bond motifs is 1. The third-order valence-corrected chi connectivity index (χ3v) is 5.52. The largest absolute Gasteiger partial charge is 0.357 e. The van der Waals surface area contributed by atoms with Crippen molar-refractivity contribution < 1.29 is 4.79 Å². The standard InChI is InChI=1S/C19H25N3O/c20-15-9-8-14(11-15)19(23)22-10-4-3-7-18(22)17-12-13-5-1-2-6-16(13)21-17/h1-2,5-6,12,14-15,18,21H,3-4,7-11,20H2. The highest BCUT2D eigenvalue weighted by Crippen LogP contribution is 2.35. The molecule has 0 bridgehead atoms. The van der Waals surface area contributed by atoms with Crippen LogP contribution in [-0.4, -0.2) is 28.4 Å². The molecule has 0 radical (unpaired) electrons. The van der Waals surface area contributed by atoms with E-state index in [4.69, 9.17) is 5.73 Å². The minimum absolute atomic E-state index is 0.134. The molecule has 1 aliphatic carbocycles. The number of aromatic nitrogens is 1. The summed E-state index contributed by atoms with van der Waals surface area (Å²) in [4.78, 5) is 18.7. The first-order valence-corrected chi connectivity index (χ1v) is 8.86. The van der Waals surface area contributed by atoms with Crippen molar-refractivity contribution in [2.75, 3.05) is 6.54 Å². The maximum atomic E-state index is 13.0. The minimum atomic E-state index is 0.134. The van der Waals surface area contributed by atoms with Gasteiger partial charge in [0.25, 0.3) is 0 Å². The Morgan fingerprint density at radius 1 is 1.17 bits per heavy atom. The van der Waals surface area contributed by atoms with Crippen LogP contribution in [0.15, 0.2) is 30.3 Å². The molecule has 4 nitrogen and oxygen atoms in total. The molecule has 3 N–H and O–H groups in total. The van der Waals surface area contributed by atoms with E-state index < -0.39 is 0 Å². The Hall–Kier alpha value is -1.81. The number of aromatic amines is 1. The monoisotopic (exact) mass is 311 g/mol. The normalized spacial score (nSPS) is 28.4. The molecule has 4 rings (SSSR count). The smallest absolute Gasteiger partial charge is 0.226 e. The Bertz CT molecular complexity index is 674. The van der Waals surface area contributed by atoms with Gasteiger partial charge in [0.1, 0.15) is 0 Å². The van der Waals surface area contributed by atoms with Crippen molar-refractivity contribution in [1.29, 1.82) is 0 Å². The van der Waals surface area contributed by atoms with Crippen molar-refractivity contribution in [1.82, 2.24) is 9.88 Å². The van der Waals surface area contributed by atoms with Gasteiger partial charge in [-0.3, -0.25) is 4.79 Å². The lowest BCUT2D eigenvalue weighted by atomic mass is 9.96. The topological polar surface area (TPSA) is 62.1 Å². The number of H-pyrrole nitrogens is 1. The molecule has 1 aromatic carbocycles. The Labute approximate surface area is 137 Å². The summed E-state index contributed by atoms with van der Waals surface area (Å²) in [6.45, 7) is 0.880. The van der Waals surface area contributed by atoms with Gasteiger partial charge in [0, 0.05) is 29.7 Å². The molecule has 122 valence electrons. The first-order chi connectivity index (χ1) is 11.2. The fraction of sp³-hybridized carbons (Fsp3) is 0.526. The number of piperidine rings is 1. The zero-order valence-electron chi connectivity index (χ0n) is 13.5. The van der Waals surface area contributed by atoms with Crippen LogP contribution in [-0.2, 0) is 4.79 Å². The number of para-hydroxylation sites is 1. The number of nitrogens with two attached hydrogens (primary N) is 1. The van der Waals surface area contributed by atoms with Crippen LogP contribution in [0.5, 0.6) is 0 Å². The summed E-state index contributed by atoms with van der Waals surface area (Å²) >= 11 is 0. The molecule has 1 aromatic heterocycles. The van der Waals surface area contributed by atoms with Crippen LogP contribution in [0.1, 0.15) is 50.3 Å². The van der Waals surface area contributed by atoms with E-state index in [1.807, 2.05) is 6.07 Å². The van der Waals surface area contributed by atoms with Gasteiger partial charge < -0.3 is 15.6 Å². The van der Waals surface area contributed by atoms with Crippen LogP contribution in [0.25, 0.3) is 10.9 Å². The summed E-state index contributed by atoms with van der Waals surface area (Å²) in [5.41, 5.74) is 8.35. The van der Waals surface area contributed by atoms with E-state index in [1.54, 1.807) is 0 Å². The van der Waals surface area contributed by atoms with E-state index in [2.05, 4.69) is 34.1 Å². The Balaban J connectivity index is 1.61. The van der Waals surface area contributed by atoms with Gasteiger partial charge in [-0.1, -0.05) is 18.2 Å². The van der Waals surface area contributed by atoms with Gasteiger partial charge in [0.05, 0.1) is 6.04 Å². The lowest BCUT2D eigenvalue weighted by molar-refractivity contribution is -0.139. The van der Waals surface area contributed by atoms with E-state index in [1.165, 1.54) is 17.5 Å². The van der Waals surface area contributed by atoms with Crippen LogP contribution in [0.2, 0.25) is 0 Å². The number of nitrogens with one attached hydrogen (secondary N) is 1. The van der Waals surface area contributed by atoms with Crippen LogP contribution >= 0.6 is 0 Å². The highest BCUT2D eigenvalue weighted by molar-refractivity contribution is 5.82. The van der Waals surface area contributed by atoms with Crippen molar-refractivity contribution in [2.24, 2.45) is 11.7 Å². The zero-order valence-corrected chi connectivity index (χ0v) is 13.5. The molecule has 2 aliphatic rings. The van der Waals surface area contributed by atoms with E-state index in [9.17, 15) is 4.79 Å². The third kappa shape index (κ3) is 2.76. The number of nitrogens with zero attached hydrogens (tertiary/aromatic N) is 1. The second-order valence-corrected chi connectivity index (χ2v) is 7.13. The van der Waals surface area contributed by atoms with Gasteiger partial charge in [-0.25, -0.2) is 0 Å². The molecule has 3 unspecified atom stereocenters. The third-order valence-electron chi connectivity index (χ3n) is 5.52. The molecular weight excluding hydrogens is 286 g/mol. The van der Waals surface area contributed by atoms with Crippen molar-refractivity contribution in [3.63, 3.8) is 0 Å². The number of carbonyl (C=O) groups is 1. The molecular formula is C19H25N3O. The Morgan fingerprint density at radius 2 is 2.04 bits per heavy atom. The summed E-state index contributed by atoms with van der Waals surface area (Å²) < 4.78 is 0. The summed E-state index contributed by atoms with van der Waals surface area (Å²) in [5.74, 6) is 0.455. The van der Waals surface area contributed by atoms with Crippen molar-refractivity contribution in [3.8, 4) is 0 Å². The average molecular weight is 311 g/mol. The Morgan fingerprint density at radius 3 is 2.83 bits per heavy atom. The van der Waals surface area contributed by atoms with Gasteiger partial charge in [-0.05, 0) is 56.0 Å². The average Bonchev–Trinajstić information content (AvgIpc) is 3.20. The fourth-order valence-electron chi connectivity index (χ4n) is 4.27. The van der Waals surface area contributed by atoms with Gasteiger partial charge >= 0.3 is 0 Å². The number of likely N-dealkylation sites (tertiary alicyclic amines) is 1. The van der Waals surface area contributed by atoms with Crippen LogP contribution in [0, 0.1) is 5.92 Å². The number of amides is 1. The number of hydrogen-bond acceptors (Lipinski definition) is 2. The highest BCUT2D eigenvalue weighted by Gasteiger charge is 2.36. The van der Waals surface area contributed by atoms with E-state index in [0.29, 0.717) is 5.91 Å². The van der Waals surface area contributed by atoms with Crippen molar-refractivity contribution >= 4 is 16.8 Å². The lowest BCUT2D eigenvalue weighted by Gasteiger charge is -2.37. The maximum Gasteiger partial charge on any atom is 0.226 e. The van der Waals surface area contributed by atoms with Gasteiger partial charge in [0.2, 0.25) is 5.91 Å². The predicted octanol–water partition coefficient (Wildman–Crippen LogP) is 3.35. The van der Waals surface area contributed by atoms with Gasteiger partial charge in [-0.15, -0.1) is 0 Å². The highest BCUT2D eigenvalue weighted by atomic mass is 16.2. The molecule has 0 spiro atoms.